The Hall–Kier alpha value is -2.82. The first-order valence-corrected chi connectivity index (χ1v) is 9.34. The van der Waals surface area contributed by atoms with Crippen LogP contribution in [0.25, 0.3) is 0 Å². The number of rotatable bonds is 6. The number of benzene rings is 3. The molecule has 0 atom stereocenters. The van der Waals surface area contributed by atoms with Crippen LogP contribution in [0.1, 0.15) is 11.1 Å². The monoisotopic (exact) mass is 412 g/mol. The number of hydrogen-bond donors (Lipinski definition) is 1. The first-order valence-electron chi connectivity index (χ1n) is 8.59. The summed E-state index contributed by atoms with van der Waals surface area (Å²) in [5.74, 6) is 0.254. The van der Waals surface area contributed by atoms with Crippen molar-refractivity contribution in [3.8, 4) is 5.75 Å². The second-order valence-electron chi connectivity index (χ2n) is 6.08. The van der Waals surface area contributed by atoms with E-state index in [4.69, 9.17) is 27.9 Å². The fraction of sp³-hybridized carbons (Fsp3) is 0.0909. The number of hydrogen-bond acceptors (Lipinski definition) is 3. The summed E-state index contributed by atoms with van der Waals surface area (Å²) in [6.45, 7) is 1.80. The molecule has 1 amide bonds. The third kappa shape index (κ3) is 5.59. The molecule has 0 spiro atoms. The largest absolute Gasteiger partial charge is 0.483 e. The highest BCUT2D eigenvalue weighted by Gasteiger charge is 2.07. The number of aliphatic imine (C=N–C) groups is 1. The van der Waals surface area contributed by atoms with Gasteiger partial charge in [0.1, 0.15) is 5.75 Å². The van der Waals surface area contributed by atoms with Gasteiger partial charge in [0.2, 0.25) is 0 Å². The molecule has 0 unspecified atom stereocenters. The molecule has 0 aliphatic rings. The number of nitrogens with zero attached hydrogens (tertiary/aromatic N) is 1. The van der Waals surface area contributed by atoms with Gasteiger partial charge >= 0.3 is 0 Å². The maximum Gasteiger partial charge on any atom is 0.262 e. The lowest BCUT2D eigenvalue weighted by molar-refractivity contribution is -0.118. The van der Waals surface area contributed by atoms with Crippen molar-refractivity contribution in [1.82, 2.24) is 0 Å². The average Bonchev–Trinajstić information content (AvgIpc) is 2.69. The van der Waals surface area contributed by atoms with E-state index in [2.05, 4.69) is 10.3 Å². The lowest BCUT2D eigenvalue weighted by atomic mass is 10.2. The number of ether oxygens (including phenoxy) is 1. The predicted octanol–water partition coefficient (Wildman–Crippen LogP) is 6.07. The van der Waals surface area contributed by atoms with Gasteiger partial charge < -0.3 is 10.1 Å². The highest BCUT2D eigenvalue weighted by molar-refractivity contribution is 6.31. The first kappa shape index (κ1) is 19.9. The van der Waals surface area contributed by atoms with Gasteiger partial charge in [-0.15, -0.1) is 0 Å². The molecule has 142 valence electrons. The van der Waals surface area contributed by atoms with Gasteiger partial charge in [0.05, 0.1) is 5.69 Å². The molecule has 0 saturated heterocycles. The van der Waals surface area contributed by atoms with E-state index < -0.39 is 0 Å². The minimum atomic E-state index is -0.255. The van der Waals surface area contributed by atoms with Crippen LogP contribution >= 0.6 is 23.2 Å². The Kier molecular flexibility index (Phi) is 6.69. The van der Waals surface area contributed by atoms with Gasteiger partial charge in [0.15, 0.2) is 6.61 Å². The van der Waals surface area contributed by atoms with Crippen LogP contribution in [-0.2, 0) is 4.79 Å². The highest BCUT2D eigenvalue weighted by atomic mass is 35.5. The quantitative estimate of drug-likeness (QED) is 0.499. The normalized spacial score (nSPS) is 10.8. The molecule has 3 aromatic carbocycles. The van der Waals surface area contributed by atoms with Crippen LogP contribution in [0.3, 0.4) is 0 Å². The molecule has 1 N–H and O–H groups in total. The average molecular weight is 413 g/mol. The lowest BCUT2D eigenvalue weighted by Gasteiger charge is -2.10. The van der Waals surface area contributed by atoms with Gasteiger partial charge in [-0.2, -0.15) is 0 Å². The van der Waals surface area contributed by atoms with Crippen LogP contribution in [0, 0.1) is 6.92 Å². The van der Waals surface area contributed by atoms with E-state index in [0.29, 0.717) is 32.7 Å². The third-order valence-electron chi connectivity index (χ3n) is 3.90. The second-order valence-corrected chi connectivity index (χ2v) is 6.92. The third-order valence-corrected chi connectivity index (χ3v) is 4.54. The summed E-state index contributed by atoms with van der Waals surface area (Å²) in [5.41, 5.74) is 3.07. The molecule has 6 heteroatoms. The van der Waals surface area contributed by atoms with Gasteiger partial charge in [-0.05, 0) is 55.0 Å². The van der Waals surface area contributed by atoms with E-state index in [-0.39, 0.29) is 12.5 Å². The van der Waals surface area contributed by atoms with Crippen molar-refractivity contribution in [2.75, 3.05) is 11.9 Å². The molecule has 0 bridgehead atoms. The van der Waals surface area contributed by atoms with E-state index in [1.807, 2.05) is 49.4 Å². The van der Waals surface area contributed by atoms with E-state index in [1.54, 1.807) is 30.5 Å². The molecule has 3 rings (SSSR count). The van der Waals surface area contributed by atoms with Crippen LogP contribution in [0.15, 0.2) is 71.7 Å². The summed E-state index contributed by atoms with van der Waals surface area (Å²) in [6, 6.07) is 19.9. The van der Waals surface area contributed by atoms with Crippen molar-refractivity contribution in [3.05, 3.63) is 87.9 Å². The van der Waals surface area contributed by atoms with Crippen molar-refractivity contribution in [1.29, 1.82) is 0 Å². The van der Waals surface area contributed by atoms with Gasteiger partial charge in [-0.1, -0.05) is 47.5 Å². The van der Waals surface area contributed by atoms with Gasteiger partial charge in [0, 0.05) is 27.5 Å². The minimum Gasteiger partial charge on any atom is -0.483 e. The molecule has 28 heavy (non-hydrogen) atoms. The maximum absolute atomic E-state index is 12.1. The van der Waals surface area contributed by atoms with Gasteiger partial charge in [-0.25, -0.2) is 0 Å². The molecule has 0 fully saturated rings. The maximum atomic E-state index is 12.1. The smallest absolute Gasteiger partial charge is 0.262 e. The molecule has 0 radical (unpaired) electrons. The number of carbonyl (C=O) groups is 1. The van der Waals surface area contributed by atoms with Crippen LogP contribution in [0.2, 0.25) is 10.0 Å². The first-order chi connectivity index (χ1) is 13.5. The Balaban J connectivity index is 1.70. The SMILES string of the molecule is Cc1ccc(N=Cc2cc(Cl)ccc2OCC(=O)Nc2ccccc2)cc1Cl. The van der Waals surface area contributed by atoms with Crippen LogP contribution < -0.4 is 10.1 Å². The summed E-state index contributed by atoms with van der Waals surface area (Å²) < 4.78 is 5.67. The molecule has 4 nitrogen and oxygen atoms in total. The number of para-hydroxylation sites is 1. The number of anilines is 1. The Morgan fingerprint density at radius 3 is 2.61 bits per heavy atom. The van der Waals surface area contributed by atoms with Crippen molar-refractivity contribution in [2.24, 2.45) is 4.99 Å². The molecular formula is C22H18Cl2N2O2. The van der Waals surface area contributed by atoms with E-state index in [9.17, 15) is 4.79 Å². The van der Waals surface area contributed by atoms with E-state index >= 15 is 0 Å². The Morgan fingerprint density at radius 1 is 1.07 bits per heavy atom. The van der Waals surface area contributed by atoms with Crippen LogP contribution in [0.4, 0.5) is 11.4 Å². The molecular weight excluding hydrogens is 395 g/mol. The molecule has 0 heterocycles. The number of nitrogens with one attached hydrogen (secondary N) is 1. The number of carbonyl (C=O) groups excluding carboxylic acids is 1. The molecule has 0 aliphatic carbocycles. The summed E-state index contributed by atoms with van der Waals surface area (Å²) in [7, 11) is 0. The topological polar surface area (TPSA) is 50.7 Å². The summed E-state index contributed by atoms with van der Waals surface area (Å²) in [6.07, 6.45) is 1.64. The van der Waals surface area contributed by atoms with E-state index in [1.165, 1.54) is 0 Å². The zero-order valence-corrected chi connectivity index (χ0v) is 16.7. The van der Waals surface area contributed by atoms with Crippen molar-refractivity contribution in [3.63, 3.8) is 0 Å². The predicted molar refractivity (Wildman–Crippen MR) is 115 cm³/mol. The zero-order valence-electron chi connectivity index (χ0n) is 15.2. The summed E-state index contributed by atoms with van der Waals surface area (Å²) in [4.78, 5) is 16.5. The van der Waals surface area contributed by atoms with Crippen molar-refractivity contribution >= 4 is 46.7 Å². The molecule has 3 aromatic rings. The molecule has 0 aliphatic heterocycles. The number of halogens is 2. The molecule has 0 saturated carbocycles. The van der Waals surface area contributed by atoms with E-state index in [0.717, 1.165) is 5.56 Å². The van der Waals surface area contributed by atoms with Crippen LogP contribution in [-0.4, -0.2) is 18.7 Å². The highest BCUT2D eigenvalue weighted by Crippen LogP contribution is 2.25. The zero-order chi connectivity index (χ0) is 19.9. The lowest BCUT2D eigenvalue weighted by Crippen LogP contribution is -2.20. The Labute approximate surface area is 173 Å². The Bertz CT molecular complexity index is 1000. The van der Waals surface area contributed by atoms with Gasteiger partial charge in [0.25, 0.3) is 5.91 Å². The van der Waals surface area contributed by atoms with Crippen LogP contribution in [0.5, 0.6) is 5.75 Å². The number of aryl methyl sites for hydroxylation is 1. The Morgan fingerprint density at radius 2 is 1.86 bits per heavy atom. The van der Waals surface area contributed by atoms with Gasteiger partial charge in [-0.3, -0.25) is 9.79 Å². The standard InChI is InChI=1S/C22H18Cl2N2O2/c1-15-7-9-19(12-20(15)24)25-13-16-11-17(23)8-10-21(16)28-14-22(27)26-18-5-3-2-4-6-18/h2-13H,14H2,1H3,(H,26,27). The molecule has 0 aromatic heterocycles. The second kappa shape index (κ2) is 9.40. The minimum absolute atomic E-state index is 0.131. The van der Waals surface area contributed by atoms with Crippen molar-refractivity contribution in [2.45, 2.75) is 6.92 Å². The summed E-state index contributed by atoms with van der Waals surface area (Å²) >= 11 is 12.2. The van der Waals surface area contributed by atoms with Crippen molar-refractivity contribution < 1.29 is 9.53 Å². The fourth-order valence-electron chi connectivity index (χ4n) is 2.42. The fourth-order valence-corrected chi connectivity index (χ4v) is 2.77. The number of amides is 1. The summed E-state index contributed by atoms with van der Waals surface area (Å²) in [5, 5.41) is 3.97.